The first-order valence-electron chi connectivity index (χ1n) is 2.00. The summed E-state index contributed by atoms with van der Waals surface area (Å²) in [4.78, 5) is 9.69. The molecule has 0 bridgehead atoms. The first kappa shape index (κ1) is 9.30. The molecule has 3 N–H and O–H groups in total. The summed E-state index contributed by atoms with van der Waals surface area (Å²) in [6.45, 7) is 0. The van der Waals surface area contributed by atoms with Crippen molar-refractivity contribution in [2.75, 3.05) is 0 Å². The van der Waals surface area contributed by atoms with Gasteiger partial charge in [0.15, 0.2) is 0 Å². The Morgan fingerprint density at radius 3 is 2.11 bits per heavy atom. The van der Waals surface area contributed by atoms with Gasteiger partial charge in [0.25, 0.3) is 0 Å². The lowest BCUT2D eigenvalue weighted by Crippen LogP contribution is -2.46. The molecule has 1 atom stereocenters. The molecule has 54 valence electrons. The number of nitrogens with two attached hydrogens (primary N) is 1. The lowest BCUT2D eigenvalue weighted by Gasteiger charge is -2.17. The number of amides is 1. The van der Waals surface area contributed by atoms with E-state index in [2.05, 4.69) is 5.32 Å². The van der Waals surface area contributed by atoms with Gasteiger partial charge in [-0.1, -0.05) is 34.8 Å². The predicted octanol–water partition coefficient (Wildman–Crippen LogP) is 0.387. The van der Waals surface area contributed by atoms with Crippen molar-refractivity contribution in [3.05, 3.63) is 0 Å². The zero-order valence-corrected chi connectivity index (χ0v) is 6.54. The van der Waals surface area contributed by atoms with Gasteiger partial charge in [-0.3, -0.25) is 4.79 Å². The van der Waals surface area contributed by atoms with Crippen molar-refractivity contribution in [3.8, 4) is 0 Å². The monoisotopic (exact) mass is 190 g/mol. The predicted molar refractivity (Wildman–Crippen MR) is 37.5 cm³/mol. The lowest BCUT2D eigenvalue weighted by molar-refractivity contribution is -0.110. The van der Waals surface area contributed by atoms with Crippen molar-refractivity contribution < 1.29 is 4.79 Å². The highest BCUT2D eigenvalue weighted by Crippen LogP contribution is 2.27. The Balaban J connectivity index is 3.72. The first-order chi connectivity index (χ1) is 3.98. The van der Waals surface area contributed by atoms with Crippen LogP contribution in [0.3, 0.4) is 0 Å². The number of carbonyl (C=O) groups is 1. The topological polar surface area (TPSA) is 55.1 Å². The highest BCUT2D eigenvalue weighted by Gasteiger charge is 2.28. The summed E-state index contributed by atoms with van der Waals surface area (Å²) >= 11 is 15.7. The molecular weight excluding hydrogens is 186 g/mol. The van der Waals surface area contributed by atoms with E-state index in [0.29, 0.717) is 6.41 Å². The van der Waals surface area contributed by atoms with Gasteiger partial charge in [-0.15, -0.1) is 0 Å². The minimum absolute atomic E-state index is 0.368. The Kier molecular flexibility index (Phi) is 3.58. The van der Waals surface area contributed by atoms with Gasteiger partial charge in [0, 0.05) is 0 Å². The van der Waals surface area contributed by atoms with Crippen LogP contribution in [-0.4, -0.2) is 16.4 Å². The lowest BCUT2D eigenvalue weighted by atomic mass is 10.6. The van der Waals surface area contributed by atoms with E-state index >= 15 is 0 Å². The summed E-state index contributed by atoms with van der Waals surface area (Å²) in [6.07, 6.45) is -0.591. The second-order valence-corrected chi connectivity index (χ2v) is 3.67. The fourth-order valence-electron chi connectivity index (χ4n) is 0.168. The molecule has 9 heavy (non-hydrogen) atoms. The van der Waals surface area contributed by atoms with Crippen LogP contribution >= 0.6 is 34.8 Å². The van der Waals surface area contributed by atoms with Crippen LogP contribution in [0.1, 0.15) is 0 Å². The minimum Gasteiger partial charge on any atom is -0.339 e. The number of alkyl halides is 3. The van der Waals surface area contributed by atoms with E-state index in [1.165, 1.54) is 0 Å². The van der Waals surface area contributed by atoms with E-state index in [0.717, 1.165) is 0 Å². The maximum absolute atomic E-state index is 9.69. The zero-order valence-electron chi connectivity index (χ0n) is 4.27. The summed E-state index contributed by atoms with van der Waals surface area (Å²) in [7, 11) is 0. The standard InChI is InChI=1S/C3H5Cl3N2O/c4-3(5,6)2(7)8-1-9/h1-2H,7H2,(H,8,9). The molecule has 1 amide bonds. The number of halogens is 3. The molecule has 0 rings (SSSR count). The Bertz CT molecular complexity index is 102. The maximum atomic E-state index is 9.69. The van der Waals surface area contributed by atoms with Crippen molar-refractivity contribution in [3.63, 3.8) is 0 Å². The van der Waals surface area contributed by atoms with E-state index < -0.39 is 9.96 Å². The Morgan fingerprint density at radius 2 is 2.00 bits per heavy atom. The summed E-state index contributed by atoms with van der Waals surface area (Å²) in [5, 5.41) is 2.09. The van der Waals surface area contributed by atoms with Crippen LogP contribution in [0.4, 0.5) is 0 Å². The van der Waals surface area contributed by atoms with Gasteiger partial charge >= 0.3 is 0 Å². The highest BCUT2D eigenvalue weighted by molar-refractivity contribution is 6.68. The molecule has 0 aliphatic heterocycles. The zero-order chi connectivity index (χ0) is 7.49. The molecule has 0 spiro atoms. The molecule has 0 heterocycles. The van der Waals surface area contributed by atoms with E-state index in [1.54, 1.807) is 0 Å². The van der Waals surface area contributed by atoms with Crippen LogP contribution < -0.4 is 11.1 Å². The van der Waals surface area contributed by atoms with Crippen LogP contribution in [0.15, 0.2) is 0 Å². The molecule has 0 fully saturated rings. The quantitative estimate of drug-likeness (QED) is 0.377. The summed E-state index contributed by atoms with van der Waals surface area (Å²) in [5.74, 6) is 0. The molecule has 0 aliphatic rings. The molecule has 1 unspecified atom stereocenters. The summed E-state index contributed by atoms with van der Waals surface area (Å²) in [6, 6.07) is 0. The van der Waals surface area contributed by atoms with Crippen molar-refractivity contribution >= 4 is 41.2 Å². The molecule has 6 heteroatoms. The molecule has 0 aliphatic carbocycles. The van der Waals surface area contributed by atoms with E-state index in [4.69, 9.17) is 40.5 Å². The molecule has 3 nitrogen and oxygen atoms in total. The number of hydrogen-bond acceptors (Lipinski definition) is 2. The van der Waals surface area contributed by atoms with Crippen LogP contribution in [0.5, 0.6) is 0 Å². The third-order valence-corrected chi connectivity index (χ3v) is 1.31. The van der Waals surface area contributed by atoms with Crippen molar-refractivity contribution in [2.45, 2.75) is 9.96 Å². The van der Waals surface area contributed by atoms with Gasteiger partial charge in [0.2, 0.25) is 10.2 Å². The van der Waals surface area contributed by atoms with Crippen molar-refractivity contribution in [1.82, 2.24) is 5.32 Å². The largest absolute Gasteiger partial charge is 0.339 e. The third kappa shape index (κ3) is 3.81. The normalized spacial score (nSPS) is 14.7. The second-order valence-electron chi connectivity index (χ2n) is 1.30. The fraction of sp³-hybridized carbons (Fsp3) is 0.667. The average molecular weight is 191 g/mol. The van der Waals surface area contributed by atoms with Crippen molar-refractivity contribution in [1.29, 1.82) is 0 Å². The van der Waals surface area contributed by atoms with Crippen molar-refractivity contribution in [2.24, 2.45) is 5.73 Å². The molecule has 0 aromatic rings. The van der Waals surface area contributed by atoms with E-state index in [9.17, 15) is 4.79 Å². The number of carbonyl (C=O) groups excluding carboxylic acids is 1. The van der Waals surface area contributed by atoms with Crippen LogP contribution in [0.2, 0.25) is 0 Å². The number of nitrogens with one attached hydrogen (secondary N) is 1. The molecule has 0 aromatic carbocycles. The SMILES string of the molecule is NC(NC=O)C(Cl)(Cl)Cl. The Morgan fingerprint density at radius 1 is 1.56 bits per heavy atom. The Labute approximate surface area is 67.4 Å². The second kappa shape index (κ2) is 3.46. The highest BCUT2D eigenvalue weighted by atomic mass is 35.6. The molecule has 0 aromatic heterocycles. The van der Waals surface area contributed by atoms with Crippen LogP contribution in [0, 0.1) is 0 Å². The minimum atomic E-state index is -1.64. The fourth-order valence-corrected chi connectivity index (χ4v) is 0.357. The van der Waals surface area contributed by atoms with Gasteiger partial charge < -0.3 is 11.1 Å². The van der Waals surface area contributed by atoms with Gasteiger partial charge in [-0.2, -0.15) is 0 Å². The van der Waals surface area contributed by atoms with Gasteiger partial charge in [-0.25, -0.2) is 0 Å². The first-order valence-corrected chi connectivity index (χ1v) is 3.14. The average Bonchev–Trinajstić information content (AvgIpc) is 1.64. The van der Waals surface area contributed by atoms with E-state index in [1.807, 2.05) is 0 Å². The van der Waals surface area contributed by atoms with E-state index in [-0.39, 0.29) is 0 Å². The van der Waals surface area contributed by atoms with Crippen LogP contribution in [0.25, 0.3) is 0 Å². The molecular formula is C3H5Cl3N2O. The Hall–Kier alpha value is 0.300. The molecule has 0 radical (unpaired) electrons. The van der Waals surface area contributed by atoms with Gasteiger partial charge in [0.1, 0.15) is 6.17 Å². The molecule has 0 saturated carbocycles. The third-order valence-electron chi connectivity index (χ3n) is 0.600. The van der Waals surface area contributed by atoms with Crippen LogP contribution in [-0.2, 0) is 4.79 Å². The molecule has 0 saturated heterocycles. The smallest absolute Gasteiger partial charge is 0.223 e. The number of rotatable bonds is 2. The van der Waals surface area contributed by atoms with Gasteiger partial charge in [0.05, 0.1) is 0 Å². The summed E-state index contributed by atoms with van der Waals surface area (Å²) in [5.41, 5.74) is 5.12. The maximum Gasteiger partial charge on any atom is 0.223 e. The number of hydrogen-bond donors (Lipinski definition) is 2. The van der Waals surface area contributed by atoms with Gasteiger partial charge in [-0.05, 0) is 0 Å². The summed E-state index contributed by atoms with van der Waals surface area (Å²) < 4.78 is -1.64.